The Kier molecular flexibility index (Phi) is 11.7. The van der Waals surface area contributed by atoms with Crippen molar-refractivity contribution in [3.63, 3.8) is 0 Å². The molecule has 1 N–H and O–H groups in total. The van der Waals surface area contributed by atoms with Gasteiger partial charge in [0.2, 0.25) is 11.8 Å². The molecule has 0 bridgehead atoms. The van der Waals surface area contributed by atoms with Crippen molar-refractivity contribution in [1.29, 1.82) is 0 Å². The first kappa shape index (κ1) is 37.0. The number of carbonyl (C=O) groups excluding carboxylic acids is 2. The van der Waals surface area contributed by atoms with Crippen LogP contribution in [0.25, 0.3) is 0 Å². The number of benzene rings is 3. The van der Waals surface area contributed by atoms with Crippen molar-refractivity contribution in [1.82, 2.24) is 15.1 Å². The zero-order valence-corrected chi connectivity index (χ0v) is 26.4. The van der Waals surface area contributed by atoms with E-state index in [2.05, 4.69) is 10.2 Å². The first-order chi connectivity index (χ1) is 20.8. The van der Waals surface area contributed by atoms with Gasteiger partial charge in [-0.15, -0.1) is 24.8 Å². The van der Waals surface area contributed by atoms with Crippen molar-refractivity contribution >= 4 is 42.3 Å². The molecule has 2 fully saturated rings. The minimum absolute atomic E-state index is 0. The summed E-state index contributed by atoms with van der Waals surface area (Å²) in [6, 6.07) is 19.4. The number of nitrogens with one attached hydrogen (secondary N) is 1. The number of piperidine rings is 1. The lowest BCUT2D eigenvalue weighted by Gasteiger charge is -2.45. The van der Waals surface area contributed by atoms with Gasteiger partial charge in [-0.3, -0.25) is 14.5 Å². The number of anilines is 1. The Balaban J connectivity index is 0.00000256. The lowest BCUT2D eigenvalue weighted by Crippen LogP contribution is -2.58. The molecule has 1 spiro atoms. The minimum atomic E-state index is -4.95. The average Bonchev–Trinajstić information content (AvgIpc) is 3.31. The molecule has 2 aliphatic rings. The van der Waals surface area contributed by atoms with E-state index in [1.807, 2.05) is 53.4 Å². The predicted octanol–water partition coefficient (Wildman–Crippen LogP) is 6.98. The number of hydrogen-bond donors (Lipinski definition) is 1. The van der Waals surface area contributed by atoms with Crippen molar-refractivity contribution in [2.24, 2.45) is 0 Å². The Labute approximate surface area is 277 Å². The summed E-state index contributed by atoms with van der Waals surface area (Å²) in [5, 5.41) is 2.96. The Bertz CT molecular complexity index is 1460. The Morgan fingerprint density at radius 3 is 1.93 bits per heavy atom. The molecule has 6 nitrogen and oxygen atoms in total. The first-order valence-electron chi connectivity index (χ1n) is 14.2. The van der Waals surface area contributed by atoms with Crippen LogP contribution in [0, 0.1) is 0 Å². The highest BCUT2D eigenvalue weighted by molar-refractivity contribution is 5.93. The Hall–Kier alpha value is -3.48. The number of para-hydroxylation sites is 1. The van der Waals surface area contributed by atoms with Crippen LogP contribution < -0.4 is 10.2 Å². The van der Waals surface area contributed by atoms with E-state index < -0.39 is 35.1 Å². The van der Waals surface area contributed by atoms with E-state index in [1.165, 1.54) is 11.9 Å². The van der Waals surface area contributed by atoms with Gasteiger partial charge < -0.3 is 15.1 Å². The Morgan fingerprint density at radius 1 is 0.891 bits per heavy atom. The van der Waals surface area contributed by atoms with Gasteiger partial charge in [-0.1, -0.05) is 48.5 Å². The lowest BCUT2D eigenvalue weighted by atomic mass is 9.84. The summed E-state index contributed by atoms with van der Waals surface area (Å²) in [5.41, 5.74) is -2.10. The quantitative estimate of drug-likeness (QED) is 0.272. The van der Waals surface area contributed by atoms with E-state index in [0.717, 1.165) is 5.69 Å². The topological polar surface area (TPSA) is 55.9 Å². The van der Waals surface area contributed by atoms with E-state index in [1.54, 1.807) is 12.1 Å². The number of halogens is 8. The number of alkyl halides is 6. The minimum Gasteiger partial charge on any atom is -0.344 e. The predicted molar refractivity (Wildman–Crippen MR) is 169 cm³/mol. The van der Waals surface area contributed by atoms with Crippen LogP contribution >= 0.6 is 24.8 Å². The smallest absolute Gasteiger partial charge is 0.344 e. The van der Waals surface area contributed by atoms with Gasteiger partial charge in [-0.05, 0) is 60.7 Å². The number of hydrogen-bond acceptors (Lipinski definition) is 4. The highest BCUT2D eigenvalue weighted by atomic mass is 35.5. The molecular formula is C32H36Cl2F6N4O2. The summed E-state index contributed by atoms with van der Waals surface area (Å²) in [4.78, 5) is 32.4. The summed E-state index contributed by atoms with van der Waals surface area (Å²) >= 11 is 0. The molecule has 252 valence electrons. The van der Waals surface area contributed by atoms with Gasteiger partial charge in [-0.2, -0.15) is 26.3 Å². The fourth-order valence-electron chi connectivity index (χ4n) is 6.11. The molecule has 2 amide bonds. The molecule has 46 heavy (non-hydrogen) atoms. The van der Waals surface area contributed by atoms with Crippen LogP contribution in [0.3, 0.4) is 0 Å². The molecule has 0 aromatic heterocycles. The highest BCUT2D eigenvalue weighted by Gasteiger charge is 2.51. The second kappa shape index (κ2) is 14.5. The van der Waals surface area contributed by atoms with Crippen LogP contribution in [0.5, 0.6) is 0 Å². The van der Waals surface area contributed by atoms with Gasteiger partial charge in [0, 0.05) is 33.8 Å². The number of nitrogens with zero attached hydrogens (tertiary/aromatic N) is 3. The third kappa shape index (κ3) is 7.72. The van der Waals surface area contributed by atoms with Crippen LogP contribution in [-0.2, 0) is 28.4 Å². The zero-order chi connectivity index (χ0) is 31.7. The maximum atomic E-state index is 13.9. The highest BCUT2D eigenvalue weighted by Crippen LogP contribution is 2.39. The largest absolute Gasteiger partial charge is 0.416 e. The van der Waals surface area contributed by atoms with Gasteiger partial charge in [0.05, 0.1) is 17.8 Å². The molecular weight excluding hydrogens is 657 g/mol. The van der Waals surface area contributed by atoms with E-state index in [-0.39, 0.29) is 62.7 Å². The summed E-state index contributed by atoms with van der Waals surface area (Å²) in [7, 11) is 1.49. The van der Waals surface area contributed by atoms with Gasteiger partial charge in [0.25, 0.3) is 0 Å². The van der Waals surface area contributed by atoms with Crippen molar-refractivity contribution in [2.75, 3.05) is 38.3 Å². The molecule has 2 heterocycles. The molecule has 14 heteroatoms. The molecule has 1 unspecified atom stereocenters. The molecule has 3 aromatic carbocycles. The second-order valence-electron chi connectivity index (χ2n) is 11.2. The molecule has 0 saturated carbocycles. The van der Waals surface area contributed by atoms with Crippen LogP contribution in [0.2, 0.25) is 0 Å². The van der Waals surface area contributed by atoms with Crippen LogP contribution in [-0.4, -0.2) is 60.5 Å². The Morgan fingerprint density at radius 2 is 1.41 bits per heavy atom. The maximum Gasteiger partial charge on any atom is 0.416 e. The van der Waals surface area contributed by atoms with Crippen molar-refractivity contribution in [2.45, 2.75) is 43.2 Å². The van der Waals surface area contributed by atoms with Gasteiger partial charge in [0.1, 0.15) is 11.6 Å². The first-order valence-corrected chi connectivity index (χ1v) is 14.2. The monoisotopic (exact) mass is 692 g/mol. The third-order valence-electron chi connectivity index (χ3n) is 8.50. The van der Waals surface area contributed by atoms with E-state index >= 15 is 0 Å². The van der Waals surface area contributed by atoms with Gasteiger partial charge in [-0.25, -0.2) is 0 Å². The number of likely N-dealkylation sites (N-methyl/N-ethyl adjacent to an activating group) is 1. The van der Waals surface area contributed by atoms with Crippen LogP contribution in [0.4, 0.5) is 32.0 Å². The molecule has 3 aromatic rings. The average molecular weight is 694 g/mol. The van der Waals surface area contributed by atoms with E-state index in [4.69, 9.17) is 0 Å². The number of carbonyl (C=O) groups is 2. The fourth-order valence-corrected chi connectivity index (χ4v) is 6.11. The summed E-state index contributed by atoms with van der Waals surface area (Å²) in [6.45, 7) is 1.11. The van der Waals surface area contributed by atoms with Crippen molar-refractivity contribution in [3.8, 4) is 0 Å². The lowest BCUT2D eigenvalue weighted by molar-refractivity contribution is -0.143. The van der Waals surface area contributed by atoms with E-state index in [0.29, 0.717) is 50.3 Å². The third-order valence-corrected chi connectivity index (χ3v) is 8.50. The normalized spacial score (nSPS) is 17.1. The summed E-state index contributed by atoms with van der Waals surface area (Å²) < 4.78 is 80.1. The molecule has 5 rings (SSSR count). The number of amides is 2. The molecule has 2 aliphatic heterocycles. The van der Waals surface area contributed by atoms with Gasteiger partial charge >= 0.3 is 12.4 Å². The SMILES string of the molecule is CN(CCc1cc(C(F)(F)F)cc(C(F)(F)F)c1)C(=O)C(c1ccccc1)N1CCC2(CC1)C(=O)NCN2c1ccccc1.Cl.Cl.[HH]. The van der Waals surface area contributed by atoms with Gasteiger partial charge in [0.15, 0.2) is 0 Å². The van der Waals surface area contributed by atoms with Crippen molar-refractivity contribution in [3.05, 3.63) is 101 Å². The number of rotatable bonds is 7. The standard InChI is InChI=1S/C32H32F6N4O2.2ClH.H2/c1-40(15-12-22-18-24(31(33,34)35)20-25(19-22)32(36,37)38)28(43)27(23-8-4-2-5-9-23)41-16-13-30(14-17-41)29(44)39-21-42(30)26-10-6-3-7-11-26;;;/h2-11,18-20,27H,12-17,21H2,1H3,(H,39,44);3*1H. The molecule has 0 aliphatic carbocycles. The second-order valence-corrected chi connectivity index (χ2v) is 11.2. The zero-order valence-electron chi connectivity index (χ0n) is 24.8. The summed E-state index contributed by atoms with van der Waals surface area (Å²) in [5.74, 6) is -0.411. The number of likely N-dealkylation sites (tertiary alicyclic amines) is 1. The van der Waals surface area contributed by atoms with E-state index in [9.17, 15) is 35.9 Å². The molecule has 0 radical (unpaired) electrons. The molecule has 2 saturated heterocycles. The van der Waals surface area contributed by atoms with Crippen LogP contribution in [0.15, 0.2) is 78.9 Å². The van der Waals surface area contributed by atoms with Crippen molar-refractivity contribution < 1.29 is 37.4 Å². The molecule has 1 atom stereocenters. The van der Waals surface area contributed by atoms with Crippen LogP contribution in [0.1, 0.15) is 42.6 Å². The maximum absolute atomic E-state index is 13.9. The fraction of sp³-hybridized carbons (Fsp3) is 0.375. The summed E-state index contributed by atoms with van der Waals surface area (Å²) in [6.07, 6.45) is -9.19.